The second kappa shape index (κ2) is 3.85. The Morgan fingerprint density at radius 3 is 2.77 bits per heavy atom. The van der Waals surface area contributed by atoms with Gasteiger partial charge in [0.15, 0.2) is 0 Å². The first kappa shape index (κ1) is 9.46. The Morgan fingerprint density at radius 2 is 2.31 bits per heavy atom. The zero-order valence-corrected chi connectivity index (χ0v) is 7.66. The van der Waals surface area contributed by atoms with Crippen molar-refractivity contribution in [3.63, 3.8) is 0 Å². The SMILES string of the molecule is CONC(C)=C(C)n1nn[nH]c1=O. The second-order valence-corrected chi connectivity index (χ2v) is 2.43. The topological polar surface area (TPSA) is 84.8 Å². The van der Waals surface area contributed by atoms with Crippen molar-refractivity contribution in [2.75, 3.05) is 7.11 Å². The Labute approximate surface area is 74.3 Å². The molecule has 1 aromatic heterocycles. The minimum absolute atomic E-state index is 0.380. The van der Waals surface area contributed by atoms with Gasteiger partial charge >= 0.3 is 5.69 Å². The summed E-state index contributed by atoms with van der Waals surface area (Å²) in [6.07, 6.45) is 0. The monoisotopic (exact) mass is 185 g/mol. The van der Waals surface area contributed by atoms with Crippen LogP contribution in [0.2, 0.25) is 0 Å². The number of aromatic nitrogens is 4. The number of nitrogens with one attached hydrogen (secondary N) is 2. The third-order valence-electron chi connectivity index (χ3n) is 1.59. The highest BCUT2D eigenvalue weighted by molar-refractivity contribution is 5.43. The Morgan fingerprint density at radius 1 is 1.62 bits per heavy atom. The van der Waals surface area contributed by atoms with Gasteiger partial charge in [0.05, 0.1) is 18.5 Å². The van der Waals surface area contributed by atoms with Gasteiger partial charge in [0.25, 0.3) is 0 Å². The van der Waals surface area contributed by atoms with E-state index in [1.807, 2.05) is 0 Å². The molecule has 1 rings (SSSR count). The highest BCUT2D eigenvalue weighted by Crippen LogP contribution is 2.01. The molecule has 0 aliphatic rings. The van der Waals surface area contributed by atoms with Gasteiger partial charge in [0, 0.05) is 0 Å². The third-order valence-corrected chi connectivity index (χ3v) is 1.59. The first-order valence-electron chi connectivity index (χ1n) is 3.64. The maximum Gasteiger partial charge on any atom is 0.365 e. The van der Waals surface area contributed by atoms with Crippen LogP contribution in [-0.2, 0) is 4.84 Å². The van der Waals surface area contributed by atoms with Crippen molar-refractivity contribution in [1.82, 2.24) is 25.7 Å². The Bertz CT molecular complexity index is 363. The number of hydroxylamine groups is 1. The van der Waals surface area contributed by atoms with E-state index in [2.05, 4.69) is 25.8 Å². The molecule has 0 aliphatic heterocycles. The Hall–Kier alpha value is -1.63. The molecule has 0 aromatic carbocycles. The van der Waals surface area contributed by atoms with Crippen LogP contribution in [0.4, 0.5) is 0 Å². The molecule has 13 heavy (non-hydrogen) atoms. The van der Waals surface area contributed by atoms with Crippen molar-refractivity contribution in [1.29, 1.82) is 0 Å². The van der Waals surface area contributed by atoms with E-state index in [1.54, 1.807) is 13.8 Å². The van der Waals surface area contributed by atoms with E-state index < -0.39 is 0 Å². The molecule has 0 amide bonds. The molecule has 7 heteroatoms. The average Bonchev–Trinajstić information content (AvgIpc) is 2.50. The van der Waals surface area contributed by atoms with E-state index in [0.29, 0.717) is 11.4 Å². The normalized spacial score (nSPS) is 12.5. The summed E-state index contributed by atoms with van der Waals surface area (Å²) in [6, 6.07) is 0. The van der Waals surface area contributed by atoms with Crippen LogP contribution in [0.1, 0.15) is 13.8 Å². The maximum atomic E-state index is 11.0. The predicted molar refractivity (Wildman–Crippen MR) is 45.4 cm³/mol. The van der Waals surface area contributed by atoms with Crippen LogP contribution >= 0.6 is 0 Å². The summed E-state index contributed by atoms with van der Waals surface area (Å²) in [4.78, 5) is 15.7. The molecular weight excluding hydrogens is 174 g/mol. The van der Waals surface area contributed by atoms with Crippen LogP contribution in [0, 0.1) is 0 Å². The largest absolute Gasteiger partial charge is 0.365 e. The summed E-state index contributed by atoms with van der Waals surface area (Å²) in [5.74, 6) is 0. The number of allylic oxidation sites excluding steroid dienone is 2. The van der Waals surface area contributed by atoms with Crippen molar-refractivity contribution in [3.05, 3.63) is 16.2 Å². The van der Waals surface area contributed by atoms with Gasteiger partial charge in [-0.05, 0) is 24.3 Å². The van der Waals surface area contributed by atoms with Crippen LogP contribution in [0.25, 0.3) is 5.70 Å². The quantitative estimate of drug-likeness (QED) is 0.610. The number of tetrazole rings is 1. The molecule has 0 aliphatic carbocycles. The molecule has 1 heterocycles. The Kier molecular flexibility index (Phi) is 2.80. The molecule has 0 bridgehead atoms. The van der Waals surface area contributed by atoms with E-state index in [4.69, 9.17) is 0 Å². The zero-order chi connectivity index (χ0) is 9.84. The summed E-state index contributed by atoms with van der Waals surface area (Å²) < 4.78 is 1.14. The summed E-state index contributed by atoms with van der Waals surface area (Å²) in [7, 11) is 1.49. The predicted octanol–water partition coefficient (Wildman–Crippen LogP) is -0.674. The van der Waals surface area contributed by atoms with Gasteiger partial charge in [-0.2, -0.15) is 4.68 Å². The molecule has 0 radical (unpaired) electrons. The van der Waals surface area contributed by atoms with Crippen LogP contribution in [0.5, 0.6) is 0 Å². The lowest BCUT2D eigenvalue weighted by molar-refractivity contribution is 0.118. The van der Waals surface area contributed by atoms with Crippen LogP contribution < -0.4 is 11.2 Å². The summed E-state index contributed by atoms with van der Waals surface area (Å²) in [6.45, 7) is 3.49. The number of H-pyrrole nitrogens is 1. The lowest BCUT2D eigenvalue weighted by atomic mass is 10.4. The molecule has 0 spiro atoms. The van der Waals surface area contributed by atoms with Gasteiger partial charge < -0.3 is 0 Å². The fraction of sp³-hybridized carbons (Fsp3) is 0.500. The van der Waals surface area contributed by atoms with Crippen molar-refractivity contribution in [2.24, 2.45) is 0 Å². The van der Waals surface area contributed by atoms with Crippen LogP contribution in [0.15, 0.2) is 10.5 Å². The molecule has 72 valence electrons. The van der Waals surface area contributed by atoms with E-state index in [0.717, 1.165) is 4.68 Å². The van der Waals surface area contributed by atoms with Crippen molar-refractivity contribution >= 4 is 5.70 Å². The molecule has 7 nitrogen and oxygen atoms in total. The van der Waals surface area contributed by atoms with Crippen molar-refractivity contribution in [2.45, 2.75) is 13.8 Å². The maximum absolute atomic E-state index is 11.0. The first-order valence-corrected chi connectivity index (χ1v) is 3.64. The molecule has 1 aromatic rings. The molecular formula is C6H11N5O2. The van der Waals surface area contributed by atoms with Gasteiger partial charge in [-0.3, -0.25) is 10.3 Å². The van der Waals surface area contributed by atoms with Gasteiger partial charge in [-0.15, -0.1) is 0 Å². The minimum atomic E-state index is -0.380. The van der Waals surface area contributed by atoms with Gasteiger partial charge in [-0.1, -0.05) is 0 Å². The lowest BCUT2D eigenvalue weighted by Crippen LogP contribution is -2.20. The van der Waals surface area contributed by atoms with Gasteiger partial charge in [0.1, 0.15) is 0 Å². The summed E-state index contributed by atoms with van der Waals surface area (Å²) in [5, 5.41) is 9.11. The zero-order valence-electron chi connectivity index (χ0n) is 7.66. The first-order chi connectivity index (χ1) is 6.16. The lowest BCUT2D eigenvalue weighted by Gasteiger charge is -2.06. The van der Waals surface area contributed by atoms with Crippen LogP contribution in [0.3, 0.4) is 0 Å². The number of hydrogen-bond acceptors (Lipinski definition) is 5. The molecule has 0 saturated carbocycles. The van der Waals surface area contributed by atoms with Gasteiger partial charge in [-0.25, -0.2) is 9.89 Å². The summed E-state index contributed by atoms with van der Waals surface area (Å²) in [5.41, 5.74) is 3.54. The number of hydrogen-bond donors (Lipinski definition) is 2. The van der Waals surface area contributed by atoms with E-state index >= 15 is 0 Å². The standard InChI is InChI=1S/C6H11N5O2/c1-4(8-13-3)5(2)11-6(12)7-9-10-11/h8H,1-3H3,(H,7,10,12). The highest BCUT2D eigenvalue weighted by Gasteiger charge is 2.04. The molecule has 0 fully saturated rings. The van der Waals surface area contributed by atoms with E-state index in [9.17, 15) is 4.79 Å². The number of aromatic amines is 1. The molecule has 0 unspecified atom stereocenters. The third kappa shape index (κ3) is 1.94. The fourth-order valence-corrected chi connectivity index (χ4v) is 0.803. The summed E-state index contributed by atoms with van der Waals surface area (Å²) >= 11 is 0. The Balaban J connectivity index is 3.02. The van der Waals surface area contributed by atoms with Crippen molar-refractivity contribution in [3.8, 4) is 0 Å². The fourth-order valence-electron chi connectivity index (χ4n) is 0.803. The van der Waals surface area contributed by atoms with Crippen LogP contribution in [-0.4, -0.2) is 27.3 Å². The number of nitrogens with zero attached hydrogens (tertiary/aromatic N) is 3. The van der Waals surface area contributed by atoms with E-state index in [1.165, 1.54) is 7.11 Å². The second-order valence-electron chi connectivity index (χ2n) is 2.43. The average molecular weight is 185 g/mol. The molecule has 0 atom stereocenters. The smallest absolute Gasteiger partial charge is 0.280 e. The van der Waals surface area contributed by atoms with Crippen molar-refractivity contribution < 1.29 is 4.84 Å². The van der Waals surface area contributed by atoms with E-state index in [-0.39, 0.29) is 5.69 Å². The number of rotatable bonds is 3. The molecule has 0 saturated heterocycles. The minimum Gasteiger partial charge on any atom is -0.280 e. The molecule has 2 N–H and O–H groups in total. The highest BCUT2D eigenvalue weighted by atomic mass is 16.6. The van der Waals surface area contributed by atoms with Gasteiger partial charge in [0.2, 0.25) is 0 Å².